The van der Waals surface area contributed by atoms with Crippen molar-refractivity contribution in [3.05, 3.63) is 105 Å². The SMILES string of the molecule is Cc1cccc(N2C(=O)C(c3ccc([N+](=O)[O-])cc3)=C(N3CCc4ccccc43)C2=O)c1C. The number of non-ortho nitro benzene ring substituents is 1. The summed E-state index contributed by atoms with van der Waals surface area (Å²) in [5.41, 5.74) is 5.35. The molecule has 0 aromatic heterocycles. The Labute approximate surface area is 190 Å². The average molecular weight is 439 g/mol. The van der Waals surface area contributed by atoms with E-state index in [1.54, 1.807) is 6.07 Å². The van der Waals surface area contributed by atoms with Crippen molar-refractivity contribution < 1.29 is 14.5 Å². The Morgan fingerprint density at radius 3 is 2.27 bits per heavy atom. The minimum atomic E-state index is -0.486. The molecule has 2 aliphatic rings. The van der Waals surface area contributed by atoms with E-state index in [-0.39, 0.29) is 11.3 Å². The lowest BCUT2D eigenvalue weighted by Gasteiger charge is -2.22. The zero-order valence-electron chi connectivity index (χ0n) is 18.2. The molecule has 0 saturated carbocycles. The molecule has 0 bridgehead atoms. The number of carbonyl (C=O) groups excluding carboxylic acids is 2. The Hall–Kier alpha value is -4.26. The molecule has 33 heavy (non-hydrogen) atoms. The summed E-state index contributed by atoms with van der Waals surface area (Å²) in [4.78, 5) is 41.4. The second-order valence-corrected chi connectivity index (χ2v) is 8.22. The maximum absolute atomic E-state index is 13.8. The molecule has 164 valence electrons. The molecule has 2 aliphatic heterocycles. The van der Waals surface area contributed by atoms with Crippen molar-refractivity contribution in [3.63, 3.8) is 0 Å². The summed E-state index contributed by atoms with van der Waals surface area (Å²) in [5, 5.41) is 11.1. The normalized spacial score (nSPS) is 15.5. The molecule has 3 aromatic carbocycles. The molecular formula is C26H21N3O4. The molecule has 0 fully saturated rings. The molecule has 0 N–H and O–H groups in total. The zero-order valence-corrected chi connectivity index (χ0v) is 18.2. The minimum Gasteiger partial charge on any atom is -0.336 e. The van der Waals surface area contributed by atoms with Crippen LogP contribution < -0.4 is 9.80 Å². The van der Waals surface area contributed by atoms with Gasteiger partial charge in [0.25, 0.3) is 17.5 Å². The largest absolute Gasteiger partial charge is 0.336 e. The molecule has 5 rings (SSSR count). The highest BCUT2D eigenvalue weighted by molar-refractivity contribution is 6.46. The molecule has 2 heterocycles. The van der Waals surface area contributed by atoms with Gasteiger partial charge in [0.2, 0.25) is 0 Å². The van der Waals surface area contributed by atoms with Gasteiger partial charge in [-0.05, 0) is 66.8 Å². The number of amides is 2. The minimum absolute atomic E-state index is 0.0735. The third-order valence-electron chi connectivity index (χ3n) is 6.40. The molecule has 0 aliphatic carbocycles. The van der Waals surface area contributed by atoms with Gasteiger partial charge in [-0.2, -0.15) is 0 Å². The molecular weight excluding hydrogens is 418 g/mol. The number of hydrogen-bond donors (Lipinski definition) is 0. The average Bonchev–Trinajstić information content (AvgIpc) is 3.34. The van der Waals surface area contributed by atoms with Gasteiger partial charge in [-0.1, -0.05) is 30.3 Å². The van der Waals surface area contributed by atoms with E-state index in [2.05, 4.69) is 0 Å². The van der Waals surface area contributed by atoms with Crippen LogP contribution in [0.15, 0.2) is 72.4 Å². The van der Waals surface area contributed by atoms with E-state index in [9.17, 15) is 19.7 Å². The number of anilines is 2. The van der Waals surface area contributed by atoms with Crippen LogP contribution in [-0.4, -0.2) is 23.3 Å². The van der Waals surface area contributed by atoms with Crippen molar-refractivity contribution in [2.24, 2.45) is 0 Å². The molecule has 0 spiro atoms. The summed E-state index contributed by atoms with van der Waals surface area (Å²) in [6.07, 6.45) is 0.762. The molecule has 0 unspecified atom stereocenters. The van der Waals surface area contributed by atoms with E-state index >= 15 is 0 Å². The Bertz CT molecular complexity index is 1360. The fourth-order valence-corrected chi connectivity index (χ4v) is 4.55. The van der Waals surface area contributed by atoms with Crippen LogP contribution in [0.2, 0.25) is 0 Å². The number of nitrogens with zero attached hydrogens (tertiary/aromatic N) is 3. The van der Waals surface area contributed by atoms with Crippen molar-refractivity contribution in [1.82, 2.24) is 0 Å². The van der Waals surface area contributed by atoms with Crippen LogP contribution in [0.5, 0.6) is 0 Å². The van der Waals surface area contributed by atoms with Gasteiger partial charge < -0.3 is 4.90 Å². The first-order valence-corrected chi connectivity index (χ1v) is 10.7. The van der Waals surface area contributed by atoms with Gasteiger partial charge in [0, 0.05) is 24.4 Å². The molecule has 0 radical (unpaired) electrons. The molecule has 3 aromatic rings. The second-order valence-electron chi connectivity index (χ2n) is 8.22. The van der Waals surface area contributed by atoms with E-state index in [1.807, 2.05) is 55.1 Å². The number of para-hydroxylation sites is 1. The van der Waals surface area contributed by atoms with Crippen molar-refractivity contribution in [2.45, 2.75) is 20.3 Å². The first-order chi connectivity index (χ1) is 15.9. The Balaban J connectivity index is 1.70. The second kappa shape index (κ2) is 7.70. The fourth-order valence-electron chi connectivity index (χ4n) is 4.55. The van der Waals surface area contributed by atoms with Gasteiger partial charge in [0.15, 0.2) is 0 Å². The lowest BCUT2D eigenvalue weighted by atomic mass is 10.0. The van der Waals surface area contributed by atoms with Crippen LogP contribution in [0.4, 0.5) is 17.1 Å². The van der Waals surface area contributed by atoms with E-state index < -0.39 is 16.7 Å². The third-order valence-corrected chi connectivity index (χ3v) is 6.40. The Kier molecular flexibility index (Phi) is 4.82. The van der Waals surface area contributed by atoms with Crippen molar-refractivity contribution in [3.8, 4) is 0 Å². The van der Waals surface area contributed by atoms with Crippen molar-refractivity contribution in [1.29, 1.82) is 0 Å². The van der Waals surface area contributed by atoms with Gasteiger partial charge in [0.05, 0.1) is 16.2 Å². The number of rotatable bonds is 4. The molecule has 0 saturated heterocycles. The van der Waals surface area contributed by atoms with E-state index in [0.717, 1.165) is 28.8 Å². The number of aryl methyl sites for hydroxylation is 1. The lowest BCUT2D eigenvalue weighted by molar-refractivity contribution is -0.384. The monoisotopic (exact) mass is 439 g/mol. The molecule has 2 amide bonds. The highest BCUT2D eigenvalue weighted by atomic mass is 16.6. The Morgan fingerprint density at radius 2 is 1.55 bits per heavy atom. The number of imide groups is 1. The Morgan fingerprint density at radius 1 is 0.848 bits per heavy atom. The van der Waals surface area contributed by atoms with Crippen LogP contribution in [0.1, 0.15) is 22.3 Å². The van der Waals surface area contributed by atoms with Crippen molar-refractivity contribution >= 4 is 34.4 Å². The van der Waals surface area contributed by atoms with Gasteiger partial charge in [-0.3, -0.25) is 19.7 Å². The highest BCUT2D eigenvalue weighted by Gasteiger charge is 2.44. The number of carbonyl (C=O) groups is 2. The predicted octanol–water partition coefficient (Wildman–Crippen LogP) is 4.56. The standard InChI is InChI=1S/C26H21N3O4/c1-16-6-5-9-21(17(16)2)28-25(30)23(19-10-12-20(13-11-19)29(32)33)24(26(28)31)27-15-14-18-7-3-4-8-22(18)27/h3-13H,14-15H2,1-2H3. The summed E-state index contributed by atoms with van der Waals surface area (Å²) in [6, 6.07) is 19.1. The summed E-state index contributed by atoms with van der Waals surface area (Å²) in [5.74, 6) is -0.819. The molecule has 7 heteroatoms. The third kappa shape index (κ3) is 3.20. The van der Waals surface area contributed by atoms with Gasteiger partial charge in [-0.25, -0.2) is 4.90 Å². The first-order valence-electron chi connectivity index (χ1n) is 10.7. The summed E-state index contributed by atoms with van der Waals surface area (Å²) >= 11 is 0. The lowest BCUT2D eigenvalue weighted by Crippen LogP contribution is -2.35. The fraction of sp³-hybridized carbons (Fsp3) is 0.154. The van der Waals surface area contributed by atoms with Crippen LogP contribution in [0.3, 0.4) is 0 Å². The topological polar surface area (TPSA) is 83.8 Å². The van der Waals surface area contributed by atoms with Gasteiger partial charge >= 0.3 is 0 Å². The predicted molar refractivity (Wildman–Crippen MR) is 126 cm³/mol. The maximum Gasteiger partial charge on any atom is 0.282 e. The van der Waals surface area contributed by atoms with Gasteiger partial charge in [0.1, 0.15) is 5.70 Å². The quantitative estimate of drug-likeness (QED) is 0.338. The van der Waals surface area contributed by atoms with Crippen LogP contribution >= 0.6 is 0 Å². The summed E-state index contributed by atoms with van der Waals surface area (Å²) in [7, 11) is 0. The highest BCUT2D eigenvalue weighted by Crippen LogP contribution is 2.41. The first kappa shape index (κ1) is 20.6. The number of nitro benzene ring substituents is 1. The zero-order chi connectivity index (χ0) is 23.3. The smallest absolute Gasteiger partial charge is 0.282 e. The van der Waals surface area contributed by atoms with Crippen molar-refractivity contribution in [2.75, 3.05) is 16.3 Å². The van der Waals surface area contributed by atoms with E-state index in [0.29, 0.717) is 23.5 Å². The number of nitro groups is 1. The number of benzene rings is 3. The van der Waals surface area contributed by atoms with E-state index in [4.69, 9.17) is 0 Å². The molecule has 7 nitrogen and oxygen atoms in total. The maximum atomic E-state index is 13.8. The van der Waals surface area contributed by atoms with Gasteiger partial charge in [-0.15, -0.1) is 0 Å². The summed E-state index contributed by atoms with van der Waals surface area (Å²) < 4.78 is 0. The van der Waals surface area contributed by atoms with Crippen LogP contribution in [-0.2, 0) is 16.0 Å². The number of fused-ring (bicyclic) bond motifs is 1. The summed E-state index contributed by atoms with van der Waals surface area (Å²) in [6.45, 7) is 4.40. The number of hydrogen-bond acceptors (Lipinski definition) is 5. The van der Waals surface area contributed by atoms with E-state index in [1.165, 1.54) is 29.2 Å². The van der Waals surface area contributed by atoms with Crippen LogP contribution in [0, 0.1) is 24.0 Å². The molecule has 0 atom stereocenters. The van der Waals surface area contributed by atoms with Crippen LogP contribution in [0.25, 0.3) is 5.57 Å².